The molecule has 20 nitrogen and oxygen atoms in total. The van der Waals surface area contributed by atoms with Crippen molar-refractivity contribution in [3.63, 3.8) is 0 Å². The van der Waals surface area contributed by atoms with Gasteiger partial charge in [0.25, 0.3) is 5.91 Å². The monoisotopic (exact) mass is 1000 g/mol. The van der Waals surface area contributed by atoms with Crippen LogP contribution < -0.4 is 20.7 Å². The minimum atomic E-state index is -1.68. The maximum absolute atomic E-state index is 14.8. The van der Waals surface area contributed by atoms with Crippen molar-refractivity contribution in [1.82, 2.24) is 35.7 Å². The molecule has 1 aromatic carbocycles. The van der Waals surface area contributed by atoms with E-state index in [4.69, 9.17) is 14.2 Å². The van der Waals surface area contributed by atoms with E-state index in [0.717, 1.165) is 5.06 Å². The first-order chi connectivity index (χ1) is 33.4. The fourth-order valence-corrected chi connectivity index (χ4v) is 9.55. The number of cyclic esters (lactones) is 2. The maximum Gasteiger partial charge on any atom is 0.329 e. The highest BCUT2D eigenvalue weighted by molar-refractivity contribution is 5.96. The Balaban J connectivity index is 1.86. The van der Waals surface area contributed by atoms with Gasteiger partial charge in [-0.2, -0.15) is 5.06 Å². The van der Waals surface area contributed by atoms with E-state index in [0.29, 0.717) is 37.0 Å². The van der Waals surface area contributed by atoms with Gasteiger partial charge in [-0.05, 0) is 86.8 Å². The summed E-state index contributed by atoms with van der Waals surface area (Å²) in [5, 5.41) is 31.5. The lowest BCUT2D eigenvalue weighted by Crippen LogP contribution is -2.62. The number of carbonyl (C=O) groups is 8. The highest BCUT2D eigenvalue weighted by Crippen LogP contribution is 2.26. The Morgan fingerprint density at radius 3 is 2.11 bits per heavy atom. The van der Waals surface area contributed by atoms with Crippen LogP contribution in [0.1, 0.15) is 119 Å². The van der Waals surface area contributed by atoms with Crippen LogP contribution in [0.5, 0.6) is 5.75 Å². The minimum absolute atomic E-state index is 0.0764. The van der Waals surface area contributed by atoms with Gasteiger partial charge in [0.05, 0.1) is 25.7 Å². The molecule has 11 atom stereocenters. The summed E-state index contributed by atoms with van der Waals surface area (Å²) in [5.74, 6) is -6.64. The summed E-state index contributed by atoms with van der Waals surface area (Å²) in [6, 6.07) is -1.51. The zero-order chi connectivity index (χ0) is 53.0. The number of likely N-dealkylation sites (N-methyl/N-ethyl adjacent to an activating group) is 2. The molecule has 4 rings (SSSR count). The summed E-state index contributed by atoms with van der Waals surface area (Å²) in [5.41, 5.74) is 0.613. The summed E-state index contributed by atoms with van der Waals surface area (Å²) in [7, 11) is 4.39. The lowest BCUT2D eigenvalue weighted by atomic mass is 9.92. The molecular formula is C51H81N7O13. The van der Waals surface area contributed by atoms with E-state index in [9.17, 15) is 48.7 Å². The SMILES string of the molecule is CC[C@H](C)[C@H]1NC(=O)[C@@H](NC(=O)C(CC(C)C)N(C)C(=O)C2CCCN2O)[C@@H](C)OC(=O)[C@H](Cc2ccc(OC)cc2)N(C)C(=O)[C@@H]2CCCN2C(=O)[C@H](CC(C)C)NC(=O)[C@H](C(C)C)OC(=O)C[C@@H]1O. The second-order valence-electron chi connectivity index (χ2n) is 20.8. The highest BCUT2D eigenvalue weighted by Gasteiger charge is 2.45. The Morgan fingerprint density at radius 2 is 1.55 bits per heavy atom. The van der Waals surface area contributed by atoms with Crippen LogP contribution in [0, 0.1) is 23.7 Å². The third-order valence-corrected chi connectivity index (χ3v) is 14.0. The Kier molecular flexibility index (Phi) is 21.6. The van der Waals surface area contributed by atoms with Crippen molar-refractivity contribution in [1.29, 1.82) is 0 Å². The molecule has 3 aliphatic heterocycles. The first kappa shape index (κ1) is 58.2. The fraction of sp³-hybridized carbons (Fsp3) is 0.725. The van der Waals surface area contributed by atoms with Gasteiger partial charge >= 0.3 is 11.9 Å². The van der Waals surface area contributed by atoms with Crippen molar-refractivity contribution < 1.29 is 62.9 Å². The molecule has 5 N–H and O–H groups in total. The van der Waals surface area contributed by atoms with Crippen LogP contribution in [0.25, 0.3) is 0 Å². The molecule has 71 heavy (non-hydrogen) atoms. The molecule has 20 heteroatoms. The molecule has 2 unspecified atom stereocenters. The minimum Gasteiger partial charge on any atom is -0.497 e. The lowest BCUT2D eigenvalue weighted by Gasteiger charge is -2.36. The molecule has 3 fully saturated rings. The van der Waals surface area contributed by atoms with E-state index >= 15 is 0 Å². The van der Waals surface area contributed by atoms with Crippen molar-refractivity contribution in [2.45, 2.75) is 181 Å². The summed E-state index contributed by atoms with van der Waals surface area (Å²) in [4.78, 5) is 119. The number of hydroxylamine groups is 2. The van der Waals surface area contributed by atoms with E-state index in [-0.39, 0.29) is 50.6 Å². The van der Waals surface area contributed by atoms with Crippen molar-refractivity contribution >= 4 is 47.4 Å². The summed E-state index contributed by atoms with van der Waals surface area (Å²) < 4.78 is 17.2. The summed E-state index contributed by atoms with van der Waals surface area (Å²) in [6.07, 6.45) is -2.78. The van der Waals surface area contributed by atoms with Gasteiger partial charge in [-0.25, -0.2) is 4.79 Å². The molecule has 3 aliphatic rings. The van der Waals surface area contributed by atoms with Gasteiger partial charge in [0.1, 0.15) is 48.1 Å². The molecule has 0 aromatic heterocycles. The normalized spacial score (nSPS) is 27.9. The van der Waals surface area contributed by atoms with Gasteiger partial charge in [0.15, 0.2) is 6.10 Å². The molecule has 398 valence electrons. The number of carbonyl (C=O) groups excluding carboxylic acids is 8. The van der Waals surface area contributed by atoms with Crippen LogP contribution in [-0.2, 0) is 54.3 Å². The van der Waals surface area contributed by atoms with Crippen molar-refractivity contribution in [3.05, 3.63) is 29.8 Å². The van der Waals surface area contributed by atoms with E-state index in [2.05, 4.69) is 16.0 Å². The Morgan fingerprint density at radius 1 is 0.901 bits per heavy atom. The number of amides is 6. The number of ether oxygens (including phenoxy) is 3. The van der Waals surface area contributed by atoms with Gasteiger partial charge < -0.3 is 55.2 Å². The smallest absolute Gasteiger partial charge is 0.329 e. The molecule has 0 saturated carbocycles. The zero-order valence-electron chi connectivity index (χ0n) is 43.8. The van der Waals surface area contributed by atoms with E-state index in [1.807, 2.05) is 34.6 Å². The van der Waals surface area contributed by atoms with Crippen molar-refractivity contribution in [3.8, 4) is 5.75 Å². The lowest BCUT2D eigenvalue weighted by molar-refractivity contribution is -0.163. The van der Waals surface area contributed by atoms with Crippen LogP contribution in [0.15, 0.2) is 24.3 Å². The Bertz CT molecular complexity index is 2020. The summed E-state index contributed by atoms with van der Waals surface area (Å²) in [6.45, 7) is 16.2. The van der Waals surface area contributed by atoms with Gasteiger partial charge in [0.2, 0.25) is 29.5 Å². The van der Waals surface area contributed by atoms with Gasteiger partial charge in [0, 0.05) is 33.6 Å². The fourth-order valence-electron chi connectivity index (χ4n) is 9.55. The third-order valence-electron chi connectivity index (χ3n) is 14.0. The van der Waals surface area contributed by atoms with Crippen LogP contribution in [0.2, 0.25) is 0 Å². The van der Waals surface area contributed by atoms with Gasteiger partial charge in [-0.15, -0.1) is 0 Å². The van der Waals surface area contributed by atoms with Crippen LogP contribution in [0.3, 0.4) is 0 Å². The number of aliphatic hydroxyl groups is 1. The Labute approximate surface area is 419 Å². The largest absolute Gasteiger partial charge is 0.497 e. The number of esters is 2. The summed E-state index contributed by atoms with van der Waals surface area (Å²) >= 11 is 0. The molecular weight excluding hydrogens is 919 g/mol. The molecule has 0 radical (unpaired) electrons. The number of nitrogens with one attached hydrogen (secondary N) is 3. The average molecular weight is 1000 g/mol. The van der Waals surface area contributed by atoms with Crippen molar-refractivity contribution in [2.75, 3.05) is 34.3 Å². The number of rotatable bonds is 14. The molecule has 0 spiro atoms. The topological polar surface area (TPSA) is 254 Å². The van der Waals surface area contributed by atoms with Crippen LogP contribution >= 0.6 is 0 Å². The first-order valence-electron chi connectivity index (χ1n) is 25.3. The third kappa shape index (κ3) is 15.3. The van der Waals surface area contributed by atoms with Crippen LogP contribution in [0.4, 0.5) is 0 Å². The zero-order valence-corrected chi connectivity index (χ0v) is 43.8. The van der Waals surface area contributed by atoms with Gasteiger partial charge in [-0.3, -0.25) is 33.6 Å². The predicted octanol–water partition coefficient (Wildman–Crippen LogP) is 2.59. The number of benzene rings is 1. The molecule has 3 saturated heterocycles. The molecule has 3 heterocycles. The number of aliphatic hydroxyl groups excluding tert-OH is 1. The second-order valence-corrected chi connectivity index (χ2v) is 20.8. The standard InChI is InChI=1S/C51H81N7O13/c1-13-31(8)42-40(59)27-41(60)71-44(30(6)7)47(63)52-35(24-28(2)3)48(64)57-22-14-16-36(57)49(65)56(11)39(26-33-18-20-34(69-12)21-19-33)51(67)70-32(9)43(46(62)53-42)54-45(61)38(25-29(4)5)55(10)50(66)37-17-15-23-58(37)68/h18-21,28-32,35-40,42-44,59,68H,13-17,22-27H2,1-12H3,(H,52,63)(H,53,62)(H,54,61)/t31-,32+,35-,36-,37?,38?,39-,40-,42+,43-,44-/m0/s1. The molecule has 0 bridgehead atoms. The van der Waals surface area contributed by atoms with E-state index < -0.39 is 126 Å². The van der Waals surface area contributed by atoms with Crippen molar-refractivity contribution in [2.24, 2.45) is 23.7 Å². The molecule has 0 aliphatic carbocycles. The number of hydrogen-bond acceptors (Lipinski definition) is 14. The van der Waals surface area contributed by atoms with Gasteiger partial charge in [-0.1, -0.05) is 73.9 Å². The van der Waals surface area contributed by atoms with E-state index in [1.165, 1.54) is 42.8 Å². The number of hydrogen-bond donors (Lipinski definition) is 5. The predicted molar refractivity (Wildman–Crippen MR) is 261 cm³/mol. The molecule has 1 aromatic rings. The Hall–Kier alpha value is -5.34. The quantitative estimate of drug-likeness (QED) is 0.168. The maximum atomic E-state index is 14.8. The average Bonchev–Trinajstić information content (AvgIpc) is 3.99. The number of fused-ring (bicyclic) bond motifs is 1. The second kappa shape index (κ2) is 26.4. The van der Waals surface area contributed by atoms with Crippen LogP contribution in [-0.4, -0.2) is 172 Å². The van der Waals surface area contributed by atoms with E-state index in [1.54, 1.807) is 45.0 Å². The number of methoxy groups -OCH3 is 1. The number of nitrogens with zero attached hydrogens (tertiary/aromatic N) is 4. The molecule has 6 amide bonds. The first-order valence-corrected chi connectivity index (χ1v) is 25.3. The highest BCUT2D eigenvalue weighted by atomic mass is 16.6.